The topological polar surface area (TPSA) is 15.3 Å². The predicted octanol–water partition coefficient (Wildman–Crippen LogP) is 3.33. The average molecular weight is 280 g/mol. The zero-order valence-electron chi connectivity index (χ0n) is 12.8. The van der Waals surface area contributed by atoms with Crippen molar-refractivity contribution in [1.82, 2.24) is 10.2 Å². The molecule has 19 heavy (non-hydrogen) atoms. The molecule has 0 aliphatic carbocycles. The molecule has 0 saturated heterocycles. The molecule has 0 aromatic heterocycles. The smallest absolute Gasteiger partial charge is 0.0414 e. The highest BCUT2D eigenvalue weighted by Crippen LogP contribution is 2.21. The molecule has 1 N–H and O–H groups in total. The van der Waals surface area contributed by atoms with E-state index in [9.17, 15) is 0 Å². The van der Waals surface area contributed by atoms with Gasteiger partial charge in [-0.2, -0.15) is 11.8 Å². The van der Waals surface area contributed by atoms with Crippen LogP contribution < -0.4 is 5.32 Å². The van der Waals surface area contributed by atoms with E-state index in [4.69, 9.17) is 0 Å². The van der Waals surface area contributed by atoms with Gasteiger partial charge < -0.3 is 10.2 Å². The van der Waals surface area contributed by atoms with Gasteiger partial charge in [0.05, 0.1) is 0 Å². The first-order valence-corrected chi connectivity index (χ1v) is 8.32. The first-order valence-electron chi connectivity index (χ1n) is 7.16. The lowest BCUT2D eigenvalue weighted by Crippen LogP contribution is -2.25. The van der Waals surface area contributed by atoms with Crippen LogP contribution in [0.25, 0.3) is 0 Å². The van der Waals surface area contributed by atoms with Crippen LogP contribution >= 0.6 is 11.8 Å². The summed E-state index contributed by atoms with van der Waals surface area (Å²) in [5.74, 6) is 2.35. The molecule has 108 valence electrons. The molecule has 0 aliphatic rings. The summed E-state index contributed by atoms with van der Waals surface area (Å²) in [4.78, 5) is 2.25. The Kier molecular flexibility index (Phi) is 8.19. The minimum atomic E-state index is 0.480. The Morgan fingerprint density at radius 3 is 2.63 bits per heavy atom. The van der Waals surface area contributed by atoms with Crippen LogP contribution in [0.4, 0.5) is 0 Å². The lowest BCUT2D eigenvalue weighted by Gasteiger charge is -2.21. The van der Waals surface area contributed by atoms with Crippen molar-refractivity contribution in [2.75, 3.05) is 38.7 Å². The predicted molar refractivity (Wildman–Crippen MR) is 88.1 cm³/mol. The van der Waals surface area contributed by atoms with Gasteiger partial charge in [-0.3, -0.25) is 0 Å². The summed E-state index contributed by atoms with van der Waals surface area (Å²) in [6.45, 7) is 6.67. The Bertz CT molecular complexity index is 352. The monoisotopic (exact) mass is 280 g/mol. The molecule has 0 saturated carbocycles. The first kappa shape index (κ1) is 16.5. The molecule has 0 amide bonds. The lowest BCUT2D eigenvalue weighted by atomic mass is 10.0. The van der Waals surface area contributed by atoms with Crippen LogP contribution in [-0.4, -0.2) is 43.6 Å². The van der Waals surface area contributed by atoms with Gasteiger partial charge >= 0.3 is 0 Å². The second kappa shape index (κ2) is 9.40. The third kappa shape index (κ3) is 6.46. The number of nitrogens with zero attached hydrogens (tertiary/aromatic N) is 1. The summed E-state index contributed by atoms with van der Waals surface area (Å²) in [5.41, 5.74) is 2.85. The van der Waals surface area contributed by atoms with Gasteiger partial charge in [-0.15, -0.1) is 0 Å². The maximum absolute atomic E-state index is 3.68. The molecule has 1 aromatic carbocycles. The van der Waals surface area contributed by atoms with Crippen LogP contribution in [0.15, 0.2) is 24.3 Å². The Hall–Kier alpha value is -0.510. The summed E-state index contributed by atoms with van der Waals surface area (Å²) >= 11 is 2.04. The van der Waals surface area contributed by atoms with E-state index in [0.717, 1.165) is 18.8 Å². The van der Waals surface area contributed by atoms with Crippen LogP contribution in [0.3, 0.4) is 0 Å². The number of hydrogen-bond acceptors (Lipinski definition) is 3. The van der Waals surface area contributed by atoms with E-state index in [0.29, 0.717) is 6.04 Å². The Morgan fingerprint density at radius 2 is 2.00 bits per heavy atom. The third-order valence-corrected chi connectivity index (χ3v) is 4.21. The molecule has 1 rings (SSSR count). The van der Waals surface area contributed by atoms with Gasteiger partial charge in [0.15, 0.2) is 0 Å². The van der Waals surface area contributed by atoms with Crippen LogP contribution in [0.5, 0.6) is 0 Å². The number of rotatable bonds is 9. The van der Waals surface area contributed by atoms with Crippen molar-refractivity contribution >= 4 is 11.8 Å². The van der Waals surface area contributed by atoms with Gasteiger partial charge in [-0.05, 0) is 45.1 Å². The molecule has 0 bridgehead atoms. The van der Waals surface area contributed by atoms with E-state index in [2.05, 4.69) is 62.4 Å². The minimum Gasteiger partial charge on any atom is -0.309 e. The molecule has 1 aromatic rings. The van der Waals surface area contributed by atoms with Crippen LogP contribution in [-0.2, 0) is 0 Å². The van der Waals surface area contributed by atoms with Crippen LogP contribution in [0.1, 0.15) is 30.5 Å². The Morgan fingerprint density at radius 1 is 1.26 bits per heavy atom. The van der Waals surface area contributed by atoms with Gasteiger partial charge in [-0.1, -0.05) is 31.2 Å². The first-order chi connectivity index (χ1) is 9.15. The maximum atomic E-state index is 3.68. The van der Waals surface area contributed by atoms with Gasteiger partial charge in [0.2, 0.25) is 0 Å². The van der Waals surface area contributed by atoms with E-state index < -0.39 is 0 Å². The van der Waals surface area contributed by atoms with Crippen LogP contribution in [0, 0.1) is 6.92 Å². The fourth-order valence-electron chi connectivity index (χ4n) is 2.00. The Labute approximate surface area is 123 Å². The Balaban J connectivity index is 2.54. The largest absolute Gasteiger partial charge is 0.309 e. The molecule has 0 radical (unpaired) electrons. The molecular weight excluding hydrogens is 252 g/mol. The summed E-state index contributed by atoms with van der Waals surface area (Å²) in [7, 11) is 4.27. The number of benzene rings is 1. The van der Waals surface area contributed by atoms with E-state index in [-0.39, 0.29) is 0 Å². The van der Waals surface area contributed by atoms with Crippen molar-refractivity contribution in [3.63, 3.8) is 0 Å². The van der Waals surface area contributed by atoms with Gasteiger partial charge in [0.25, 0.3) is 0 Å². The molecule has 2 nitrogen and oxygen atoms in total. The van der Waals surface area contributed by atoms with Crippen molar-refractivity contribution in [2.24, 2.45) is 0 Å². The number of hydrogen-bond donors (Lipinski definition) is 1. The highest BCUT2D eigenvalue weighted by molar-refractivity contribution is 7.99. The second-order valence-corrected chi connectivity index (χ2v) is 6.39. The van der Waals surface area contributed by atoms with Gasteiger partial charge in [0, 0.05) is 24.1 Å². The lowest BCUT2D eigenvalue weighted by molar-refractivity contribution is 0.437. The van der Waals surface area contributed by atoms with Gasteiger partial charge in [0.1, 0.15) is 0 Å². The van der Waals surface area contributed by atoms with Gasteiger partial charge in [-0.25, -0.2) is 0 Å². The van der Waals surface area contributed by atoms with E-state index in [1.165, 1.54) is 23.3 Å². The number of nitrogens with one attached hydrogen (secondary N) is 1. The molecule has 0 aliphatic heterocycles. The third-order valence-electron chi connectivity index (χ3n) is 3.17. The highest BCUT2D eigenvalue weighted by Gasteiger charge is 2.12. The van der Waals surface area contributed by atoms with Crippen molar-refractivity contribution in [3.05, 3.63) is 35.4 Å². The molecular formula is C16H28N2S. The van der Waals surface area contributed by atoms with Crippen LogP contribution in [0.2, 0.25) is 0 Å². The fourth-order valence-corrected chi connectivity index (χ4v) is 3.20. The number of aryl methyl sites for hydroxylation is 1. The maximum Gasteiger partial charge on any atom is 0.0414 e. The number of thioether (sulfide) groups is 1. The van der Waals surface area contributed by atoms with Crippen molar-refractivity contribution in [2.45, 2.75) is 26.3 Å². The van der Waals surface area contributed by atoms with E-state index >= 15 is 0 Å². The summed E-state index contributed by atoms with van der Waals surface area (Å²) in [6, 6.07) is 9.21. The second-order valence-electron chi connectivity index (χ2n) is 5.24. The molecule has 0 spiro atoms. The molecule has 3 heteroatoms. The minimum absolute atomic E-state index is 0.480. The van der Waals surface area contributed by atoms with Crippen molar-refractivity contribution in [1.29, 1.82) is 0 Å². The van der Waals surface area contributed by atoms with E-state index in [1.54, 1.807) is 0 Å². The molecule has 1 unspecified atom stereocenters. The standard InChI is InChI=1S/C16H28N2S/c1-5-10-17-16(13-19-12-11-18(3)4)15-9-7-6-8-14(15)2/h6-9,16-17H,5,10-13H2,1-4H3. The molecule has 0 fully saturated rings. The molecule has 0 heterocycles. The summed E-state index contributed by atoms with van der Waals surface area (Å²) in [6.07, 6.45) is 1.19. The normalized spacial score (nSPS) is 12.9. The zero-order valence-corrected chi connectivity index (χ0v) is 13.6. The quantitative estimate of drug-likeness (QED) is 0.699. The zero-order chi connectivity index (χ0) is 14.1. The van der Waals surface area contributed by atoms with Crippen molar-refractivity contribution < 1.29 is 0 Å². The summed E-state index contributed by atoms with van der Waals surface area (Å²) < 4.78 is 0. The highest BCUT2D eigenvalue weighted by atomic mass is 32.2. The SMILES string of the molecule is CCCNC(CSCCN(C)C)c1ccccc1C. The average Bonchev–Trinajstić information content (AvgIpc) is 2.39. The molecule has 1 atom stereocenters. The van der Waals surface area contributed by atoms with Crippen molar-refractivity contribution in [3.8, 4) is 0 Å². The summed E-state index contributed by atoms with van der Waals surface area (Å²) in [5, 5.41) is 3.68. The fraction of sp³-hybridized carbons (Fsp3) is 0.625. The van der Waals surface area contributed by atoms with E-state index in [1.807, 2.05) is 11.8 Å².